The van der Waals surface area contributed by atoms with Gasteiger partial charge in [0.15, 0.2) is 0 Å². The molecule has 0 bridgehead atoms. The van der Waals surface area contributed by atoms with Gasteiger partial charge in [-0.1, -0.05) is 18.6 Å². The maximum atomic E-state index is 12.2. The Morgan fingerprint density at radius 2 is 2.18 bits per heavy atom. The van der Waals surface area contributed by atoms with Gasteiger partial charge in [-0.25, -0.2) is 0 Å². The zero-order chi connectivity index (χ0) is 14.8. The molecule has 1 aromatic rings. The maximum Gasteiger partial charge on any atom is 0.237 e. The molecular formula is C16H22ClN3O2. The average molecular weight is 324 g/mol. The molecule has 3 N–H and O–H groups in total. The third kappa shape index (κ3) is 3.59. The van der Waals surface area contributed by atoms with Crippen LogP contribution in [0.15, 0.2) is 18.2 Å². The fourth-order valence-corrected chi connectivity index (χ4v) is 2.99. The van der Waals surface area contributed by atoms with E-state index in [1.165, 1.54) is 0 Å². The Hall–Kier alpha value is -1.59. The number of carbonyl (C=O) groups is 2. The number of hydrogen-bond donors (Lipinski definition) is 3. The molecular weight excluding hydrogens is 302 g/mol. The van der Waals surface area contributed by atoms with Gasteiger partial charge in [-0.2, -0.15) is 0 Å². The molecule has 0 saturated carbocycles. The summed E-state index contributed by atoms with van der Waals surface area (Å²) in [6, 6.07) is 5.76. The van der Waals surface area contributed by atoms with Gasteiger partial charge in [0, 0.05) is 5.69 Å². The number of fused-ring (bicyclic) bond motifs is 1. The van der Waals surface area contributed by atoms with Crippen molar-refractivity contribution in [2.45, 2.75) is 44.7 Å². The molecule has 0 spiro atoms. The van der Waals surface area contributed by atoms with Crippen LogP contribution in [0.4, 0.5) is 5.69 Å². The van der Waals surface area contributed by atoms with Crippen LogP contribution < -0.4 is 16.0 Å². The monoisotopic (exact) mass is 323 g/mol. The summed E-state index contributed by atoms with van der Waals surface area (Å²) in [7, 11) is 0. The molecule has 2 amide bonds. The first-order chi connectivity index (χ1) is 10.1. The fraction of sp³-hybridized carbons (Fsp3) is 0.500. The summed E-state index contributed by atoms with van der Waals surface area (Å²) in [5, 5.41) is 9.14. The van der Waals surface area contributed by atoms with Gasteiger partial charge in [0.1, 0.15) is 0 Å². The van der Waals surface area contributed by atoms with E-state index < -0.39 is 0 Å². The minimum absolute atomic E-state index is 0. The molecule has 1 fully saturated rings. The van der Waals surface area contributed by atoms with Crippen LogP contribution in [0, 0.1) is 0 Å². The van der Waals surface area contributed by atoms with Crippen molar-refractivity contribution < 1.29 is 9.59 Å². The topological polar surface area (TPSA) is 70.2 Å². The lowest BCUT2D eigenvalue weighted by molar-refractivity contribution is -0.124. The lowest BCUT2D eigenvalue weighted by Crippen LogP contribution is -2.47. The Morgan fingerprint density at radius 1 is 1.36 bits per heavy atom. The first-order valence-electron chi connectivity index (χ1n) is 7.60. The number of piperidine rings is 1. The summed E-state index contributed by atoms with van der Waals surface area (Å²) in [4.78, 5) is 23.6. The highest BCUT2D eigenvalue weighted by molar-refractivity contribution is 5.99. The average Bonchev–Trinajstić information content (AvgIpc) is 2.87. The van der Waals surface area contributed by atoms with Gasteiger partial charge in [-0.05, 0) is 43.5 Å². The Morgan fingerprint density at radius 3 is 2.91 bits per heavy atom. The van der Waals surface area contributed by atoms with E-state index in [9.17, 15) is 9.59 Å². The molecule has 0 radical (unpaired) electrons. The zero-order valence-electron chi connectivity index (χ0n) is 12.6. The molecule has 6 heteroatoms. The molecule has 2 aliphatic rings. The van der Waals surface area contributed by atoms with Gasteiger partial charge in [0.2, 0.25) is 11.8 Å². The molecule has 120 valence electrons. The lowest BCUT2D eigenvalue weighted by atomic mass is 10.0. The van der Waals surface area contributed by atoms with E-state index >= 15 is 0 Å². The highest BCUT2D eigenvalue weighted by Crippen LogP contribution is 2.26. The number of anilines is 1. The number of amides is 2. The standard InChI is InChI=1S/C16H21N3O2.ClH/c1-10(18-16(21)14-4-2-3-7-17-14)11-5-6-13-12(8-11)9-15(20)19-13;/h5-6,8,10,14,17H,2-4,7,9H2,1H3,(H,18,21)(H,19,20);1H. The van der Waals surface area contributed by atoms with E-state index in [-0.39, 0.29) is 36.3 Å². The van der Waals surface area contributed by atoms with E-state index in [4.69, 9.17) is 0 Å². The van der Waals surface area contributed by atoms with Gasteiger partial charge < -0.3 is 16.0 Å². The summed E-state index contributed by atoms with van der Waals surface area (Å²) >= 11 is 0. The van der Waals surface area contributed by atoms with Crippen molar-refractivity contribution in [2.75, 3.05) is 11.9 Å². The van der Waals surface area contributed by atoms with E-state index in [2.05, 4.69) is 16.0 Å². The van der Waals surface area contributed by atoms with Crippen molar-refractivity contribution in [3.05, 3.63) is 29.3 Å². The SMILES string of the molecule is CC(NC(=O)C1CCCCN1)c1ccc2c(c1)CC(=O)N2.Cl. The minimum atomic E-state index is -0.0705. The number of benzene rings is 1. The second kappa shape index (κ2) is 7.11. The van der Waals surface area contributed by atoms with E-state index in [1.807, 2.05) is 25.1 Å². The predicted octanol–water partition coefficient (Wildman–Crippen LogP) is 1.92. The summed E-state index contributed by atoms with van der Waals surface area (Å²) in [5.74, 6) is 0.0992. The van der Waals surface area contributed by atoms with Crippen LogP contribution >= 0.6 is 12.4 Å². The van der Waals surface area contributed by atoms with Crippen molar-refractivity contribution >= 4 is 29.9 Å². The van der Waals surface area contributed by atoms with Crippen molar-refractivity contribution in [1.29, 1.82) is 0 Å². The molecule has 5 nitrogen and oxygen atoms in total. The first-order valence-corrected chi connectivity index (χ1v) is 7.60. The third-order valence-electron chi connectivity index (χ3n) is 4.24. The van der Waals surface area contributed by atoms with E-state index in [0.717, 1.165) is 42.6 Å². The quantitative estimate of drug-likeness (QED) is 0.796. The van der Waals surface area contributed by atoms with E-state index in [0.29, 0.717) is 6.42 Å². The zero-order valence-corrected chi connectivity index (χ0v) is 13.5. The molecule has 2 unspecified atom stereocenters. The van der Waals surface area contributed by atoms with E-state index in [1.54, 1.807) is 0 Å². The lowest BCUT2D eigenvalue weighted by Gasteiger charge is -2.24. The number of rotatable bonds is 3. The molecule has 2 heterocycles. The van der Waals surface area contributed by atoms with Gasteiger partial charge in [-0.15, -0.1) is 12.4 Å². The van der Waals surface area contributed by atoms with Gasteiger partial charge in [0.25, 0.3) is 0 Å². The van der Waals surface area contributed by atoms with Crippen LogP contribution in [-0.4, -0.2) is 24.4 Å². The summed E-state index contributed by atoms with van der Waals surface area (Å²) in [6.07, 6.45) is 3.58. The largest absolute Gasteiger partial charge is 0.348 e. The minimum Gasteiger partial charge on any atom is -0.348 e. The molecule has 2 aliphatic heterocycles. The summed E-state index contributed by atoms with van der Waals surface area (Å²) in [6.45, 7) is 2.89. The summed E-state index contributed by atoms with van der Waals surface area (Å²) < 4.78 is 0. The van der Waals surface area contributed by atoms with Crippen molar-refractivity contribution in [3.63, 3.8) is 0 Å². The smallest absolute Gasteiger partial charge is 0.237 e. The Balaban J connectivity index is 0.00000176. The van der Waals surface area contributed by atoms with Crippen LogP contribution in [0.25, 0.3) is 0 Å². The first kappa shape index (κ1) is 16.8. The van der Waals surface area contributed by atoms with Crippen LogP contribution in [0.1, 0.15) is 43.4 Å². The van der Waals surface area contributed by atoms with Crippen molar-refractivity contribution in [2.24, 2.45) is 0 Å². The molecule has 1 aromatic carbocycles. The fourth-order valence-electron chi connectivity index (χ4n) is 2.99. The highest BCUT2D eigenvalue weighted by atomic mass is 35.5. The van der Waals surface area contributed by atoms with Crippen molar-refractivity contribution in [1.82, 2.24) is 10.6 Å². The Kier molecular flexibility index (Phi) is 5.42. The highest BCUT2D eigenvalue weighted by Gasteiger charge is 2.23. The van der Waals surface area contributed by atoms with Crippen LogP contribution in [0.5, 0.6) is 0 Å². The van der Waals surface area contributed by atoms with Crippen LogP contribution in [0.3, 0.4) is 0 Å². The van der Waals surface area contributed by atoms with Crippen LogP contribution in [-0.2, 0) is 16.0 Å². The third-order valence-corrected chi connectivity index (χ3v) is 4.24. The molecule has 22 heavy (non-hydrogen) atoms. The number of halogens is 1. The van der Waals surface area contributed by atoms with Gasteiger partial charge >= 0.3 is 0 Å². The maximum absolute atomic E-state index is 12.2. The molecule has 1 saturated heterocycles. The molecule has 2 atom stereocenters. The number of carbonyl (C=O) groups excluding carboxylic acids is 2. The predicted molar refractivity (Wildman–Crippen MR) is 88.2 cm³/mol. The van der Waals surface area contributed by atoms with Gasteiger partial charge in [-0.3, -0.25) is 9.59 Å². The normalized spacial score (nSPS) is 21.3. The Bertz CT molecular complexity index is 571. The molecule has 3 rings (SSSR count). The molecule has 0 aromatic heterocycles. The summed E-state index contributed by atoms with van der Waals surface area (Å²) in [5.41, 5.74) is 2.93. The number of hydrogen-bond acceptors (Lipinski definition) is 3. The molecule has 0 aliphatic carbocycles. The second-order valence-corrected chi connectivity index (χ2v) is 5.87. The van der Waals surface area contributed by atoms with Crippen molar-refractivity contribution in [3.8, 4) is 0 Å². The second-order valence-electron chi connectivity index (χ2n) is 5.87. The van der Waals surface area contributed by atoms with Gasteiger partial charge in [0.05, 0.1) is 18.5 Å². The van der Waals surface area contributed by atoms with Crippen LogP contribution in [0.2, 0.25) is 0 Å². The number of nitrogens with one attached hydrogen (secondary N) is 3. The Labute approximate surface area is 136 Å².